The minimum atomic E-state index is -0.557. The summed E-state index contributed by atoms with van der Waals surface area (Å²) in [5.41, 5.74) is 8.23. The molecule has 1 aromatic heterocycles. The predicted molar refractivity (Wildman–Crippen MR) is 66.7 cm³/mol. The lowest BCUT2D eigenvalue weighted by Gasteiger charge is -2.09. The van der Waals surface area contributed by atoms with Crippen LogP contribution in [0.1, 0.15) is 23.7 Å². The number of aromatic nitrogens is 1. The highest BCUT2D eigenvalue weighted by Gasteiger charge is 2.15. The third-order valence-corrected chi connectivity index (χ3v) is 3.29. The summed E-state index contributed by atoms with van der Waals surface area (Å²) in [4.78, 5) is 3.11. The van der Waals surface area contributed by atoms with Gasteiger partial charge in [0.05, 0.1) is 11.1 Å². The van der Waals surface area contributed by atoms with Crippen LogP contribution in [0.2, 0.25) is 5.02 Å². The number of rotatable bonds is 3. The van der Waals surface area contributed by atoms with E-state index < -0.39 is 6.10 Å². The maximum Gasteiger partial charge on any atom is 0.0823 e. The van der Waals surface area contributed by atoms with Crippen LogP contribution in [0.5, 0.6) is 0 Å². The fourth-order valence-electron chi connectivity index (χ4n) is 1.89. The Hall–Kier alpha value is -1.03. The Labute approximate surface area is 99.2 Å². The van der Waals surface area contributed by atoms with Crippen LogP contribution in [0, 0.1) is 6.92 Å². The second-order valence-corrected chi connectivity index (χ2v) is 4.33. The fraction of sp³-hybridized carbons (Fsp3) is 0.333. The first-order valence-corrected chi connectivity index (χ1v) is 5.67. The lowest BCUT2D eigenvalue weighted by molar-refractivity contribution is 0.172. The SMILES string of the molecule is Cc1ccc2[nH]cc(C(O)CCN)c2c1Cl. The van der Waals surface area contributed by atoms with E-state index in [0.29, 0.717) is 18.0 Å². The first-order valence-electron chi connectivity index (χ1n) is 5.29. The molecule has 0 aliphatic carbocycles. The topological polar surface area (TPSA) is 62.0 Å². The molecule has 0 aliphatic rings. The Morgan fingerprint density at radius 1 is 1.50 bits per heavy atom. The molecule has 0 bridgehead atoms. The monoisotopic (exact) mass is 238 g/mol. The van der Waals surface area contributed by atoms with Gasteiger partial charge in [-0.3, -0.25) is 0 Å². The largest absolute Gasteiger partial charge is 0.388 e. The van der Waals surface area contributed by atoms with Crippen molar-refractivity contribution in [3.63, 3.8) is 0 Å². The van der Waals surface area contributed by atoms with Crippen LogP contribution in [0.15, 0.2) is 18.3 Å². The first-order chi connectivity index (χ1) is 7.65. The number of fused-ring (bicyclic) bond motifs is 1. The Kier molecular flexibility index (Phi) is 3.19. The zero-order valence-electron chi connectivity index (χ0n) is 9.13. The lowest BCUT2D eigenvalue weighted by Crippen LogP contribution is -2.06. The van der Waals surface area contributed by atoms with Gasteiger partial charge in [0, 0.05) is 22.7 Å². The van der Waals surface area contributed by atoms with Crippen molar-refractivity contribution in [2.75, 3.05) is 6.54 Å². The molecule has 0 fully saturated rings. The Bertz CT molecular complexity index is 507. The van der Waals surface area contributed by atoms with Gasteiger partial charge in [-0.1, -0.05) is 17.7 Å². The molecule has 3 nitrogen and oxygen atoms in total. The van der Waals surface area contributed by atoms with E-state index in [-0.39, 0.29) is 0 Å². The number of nitrogens with two attached hydrogens (primary N) is 1. The highest BCUT2D eigenvalue weighted by molar-refractivity contribution is 6.36. The second-order valence-electron chi connectivity index (χ2n) is 3.96. The molecule has 0 saturated carbocycles. The van der Waals surface area contributed by atoms with Gasteiger partial charge >= 0.3 is 0 Å². The van der Waals surface area contributed by atoms with Crippen molar-refractivity contribution in [3.05, 3.63) is 34.5 Å². The maximum absolute atomic E-state index is 9.96. The summed E-state index contributed by atoms with van der Waals surface area (Å²) in [6.45, 7) is 2.41. The molecule has 16 heavy (non-hydrogen) atoms. The molecule has 1 heterocycles. The number of nitrogens with one attached hydrogen (secondary N) is 1. The Morgan fingerprint density at radius 3 is 2.94 bits per heavy atom. The smallest absolute Gasteiger partial charge is 0.0823 e. The van der Waals surface area contributed by atoms with Gasteiger partial charge in [-0.05, 0) is 31.5 Å². The van der Waals surface area contributed by atoms with Crippen molar-refractivity contribution in [2.24, 2.45) is 5.73 Å². The number of benzene rings is 1. The van der Waals surface area contributed by atoms with E-state index in [1.807, 2.05) is 19.1 Å². The van der Waals surface area contributed by atoms with Crippen molar-refractivity contribution >= 4 is 22.5 Å². The fourth-order valence-corrected chi connectivity index (χ4v) is 2.16. The molecule has 1 aromatic carbocycles. The van der Waals surface area contributed by atoms with Crippen LogP contribution in [-0.4, -0.2) is 16.6 Å². The molecule has 0 spiro atoms. The molecular formula is C12H15ClN2O. The highest BCUT2D eigenvalue weighted by Crippen LogP contribution is 2.33. The number of halogens is 1. The maximum atomic E-state index is 9.96. The van der Waals surface area contributed by atoms with Crippen molar-refractivity contribution in [1.29, 1.82) is 0 Å². The number of hydrogen-bond acceptors (Lipinski definition) is 2. The third-order valence-electron chi connectivity index (χ3n) is 2.81. The zero-order chi connectivity index (χ0) is 11.7. The molecule has 2 aromatic rings. The molecule has 4 heteroatoms. The second kappa shape index (κ2) is 4.45. The quantitative estimate of drug-likeness (QED) is 0.770. The number of aliphatic hydroxyl groups excluding tert-OH is 1. The van der Waals surface area contributed by atoms with E-state index >= 15 is 0 Å². The number of aromatic amines is 1. The molecule has 1 unspecified atom stereocenters. The minimum absolute atomic E-state index is 0.456. The van der Waals surface area contributed by atoms with Crippen molar-refractivity contribution in [2.45, 2.75) is 19.4 Å². The van der Waals surface area contributed by atoms with Crippen molar-refractivity contribution in [3.8, 4) is 0 Å². The van der Waals surface area contributed by atoms with E-state index in [1.165, 1.54) is 0 Å². The van der Waals surface area contributed by atoms with Crippen LogP contribution >= 0.6 is 11.6 Å². The molecule has 0 radical (unpaired) electrons. The highest BCUT2D eigenvalue weighted by atomic mass is 35.5. The molecule has 2 rings (SSSR count). The zero-order valence-corrected chi connectivity index (χ0v) is 9.88. The summed E-state index contributed by atoms with van der Waals surface area (Å²) in [6.07, 6.45) is 1.78. The van der Waals surface area contributed by atoms with E-state index in [9.17, 15) is 5.11 Å². The summed E-state index contributed by atoms with van der Waals surface area (Å²) < 4.78 is 0. The predicted octanol–water partition coefficient (Wildman–Crippen LogP) is 2.51. The average molecular weight is 239 g/mol. The molecular weight excluding hydrogens is 224 g/mol. The van der Waals surface area contributed by atoms with Gasteiger partial charge in [-0.2, -0.15) is 0 Å². The number of H-pyrrole nitrogens is 1. The normalized spacial score (nSPS) is 13.2. The molecule has 86 valence electrons. The summed E-state index contributed by atoms with van der Waals surface area (Å²) in [5, 5.41) is 11.6. The average Bonchev–Trinajstić information content (AvgIpc) is 2.68. The molecule has 0 saturated heterocycles. The summed E-state index contributed by atoms with van der Waals surface area (Å²) in [7, 11) is 0. The summed E-state index contributed by atoms with van der Waals surface area (Å²) >= 11 is 6.25. The van der Waals surface area contributed by atoms with E-state index in [0.717, 1.165) is 22.0 Å². The van der Waals surface area contributed by atoms with Crippen LogP contribution in [0.4, 0.5) is 0 Å². The standard InChI is InChI=1S/C12H15ClN2O/c1-7-2-3-9-11(12(7)13)8(6-15-9)10(16)4-5-14/h2-3,6,10,15-16H,4-5,14H2,1H3. The first kappa shape index (κ1) is 11.5. The van der Waals surface area contributed by atoms with E-state index in [1.54, 1.807) is 6.20 Å². The van der Waals surface area contributed by atoms with Gasteiger partial charge in [-0.15, -0.1) is 0 Å². The van der Waals surface area contributed by atoms with Crippen LogP contribution in [0.3, 0.4) is 0 Å². The van der Waals surface area contributed by atoms with Gasteiger partial charge < -0.3 is 15.8 Å². The van der Waals surface area contributed by atoms with Gasteiger partial charge in [-0.25, -0.2) is 0 Å². The Balaban J connectivity index is 2.58. The molecule has 0 aliphatic heterocycles. The third kappa shape index (κ3) is 1.82. The number of hydrogen-bond donors (Lipinski definition) is 3. The van der Waals surface area contributed by atoms with Gasteiger partial charge in [0.2, 0.25) is 0 Å². The molecule has 0 amide bonds. The lowest BCUT2D eigenvalue weighted by atomic mass is 10.0. The minimum Gasteiger partial charge on any atom is -0.388 e. The summed E-state index contributed by atoms with van der Waals surface area (Å²) in [5.74, 6) is 0. The number of aryl methyl sites for hydroxylation is 1. The van der Waals surface area contributed by atoms with Crippen molar-refractivity contribution in [1.82, 2.24) is 4.98 Å². The van der Waals surface area contributed by atoms with Gasteiger partial charge in [0.1, 0.15) is 0 Å². The van der Waals surface area contributed by atoms with Gasteiger partial charge in [0.25, 0.3) is 0 Å². The van der Waals surface area contributed by atoms with Crippen LogP contribution in [-0.2, 0) is 0 Å². The van der Waals surface area contributed by atoms with Crippen molar-refractivity contribution < 1.29 is 5.11 Å². The van der Waals surface area contributed by atoms with E-state index in [2.05, 4.69) is 4.98 Å². The van der Waals surface area contributed by atoms with Crippen LogP contribution in [0.25, 0.3) is 10.9 Å². The summed E-state index contributed by atoms with van der Waals surface area (Å²) in [6, 6.07) is 3.93. The molecule has 1 atom stereocenters. The number of aliphatic hydroxyl groups is 1. The Morgan fingerprint density at radius 2 is 2.25 bits per heavy atom. The van der Waals surface area contributed by atoms with Gasteiger partial charge in [0.15, 0.2) is 0 Å². The van der Waals surface area contributed by atoms with E-state index in [4.69, 9.17) is 17.3 Å². The molecule has 4 N–H and O–H groups in total. The van der Waals surface area contributed by atoms with Crippen LogP contribution < -0.4 is 5.73 Å².